The number of halogens is 3. The van der Waals surface area contributed by atoms with E-state index in [1.54, 1.807) is 0 Å². The predicted molar refractivity (Wildman–Crippen MR) is 65.8 cm³/mol. The molecule has 100 valence electrons. The van der Waals surface area contributed by atoms with Crippen LogP contribution in [0.25, 0.3) is 0 Å². The Morgan fingerprint density at radius 3 is 2.41 bits per heavy atom. The van der Waals surface area contributed by atoms with Crippen molar-refractivity contribution in [3.8, 4) is 0 Å². The van der Waals surface area contributed by atoms with Crippen LogP contribution in [0.2, 0.25) is 0 Å². The van der Waals surface area contributed by atoms with E-state index in [1.807, 2.05) is 11.8 Å². The minimum absolute atomic E-state index is 0.0799. The lowest BCUT2D eigenvalue weighted by Gasteiger charge is -2.28. The molecule has 0 spiro atoms. The highest BCUT2D eigenvalue weighted by atomic mass is 32.1. The lowest BCUT2D eigenvalue weighted by Crippen LogP contribution is -2.44. The van der Waals surface area contributed by atoms with Crippen molar-refractivity contribution in [2.75, 3.05) is 13.1 Å². The normalized spacial score (nSPS) is 18.4. The van der Waals surface area contributed by atoms with Crippen LogP contribution in [0, 0.1) is 5.92 Å². The van der Waals surface area contributed by atoms with Crippen molar-refractivity contribution in [3.05, 3.63) is 0 Å². The summed E-state index contributed by atoms with van der Waals surface area (Å²) in [5.74, 6) is -1.67. The second-order valence-corrected chi connectivity index (χ2v) is 5.05. The van der Waals surface area contributed by atoms with Crippen molar-refractivity contribution in [1.82, 2.24) is 4.90 Å². The third-order valence-electron chi connectivity index (χ3n) is 3.02. The molecule has 1 atom stereocenters. The highest BCUT2D eigenvalue weighted by Gasteiger charge is 2.44. The van der Waals surface area contributed by atoms with Gasteiger partial charge in [0, 0.05) is 12.6 Å². The molecule has 0 heterocycles. The van der Waals surface area contributed by atoms with Crippen LogP contribution < -0.4 is 5.73 Å². The second-order valence-electron chi connectivity index (χ2n) is 4.58. The maximum Gasteiger partial charge on any atom is 0.399 e. The molecule has 0 aromatic heterocycles. The van der Waals surface area contributed by atoms with E-state index in [-0.39, 0.29) is 6.54 Å². The SMILES string of the molecule is CCCCN(CC(C(N)=S)C(F)(F)F)C1CC1. The molecule has 0 aromatic carbocycles. The first kappa shape index (κ1) is 14.7. The number of unbranched alkanes of at least 4 members (excludes halogenated alkanes) is 1. The zero-order valence-electron chi connectivity index (χ0n) is 9.96. The molecular weight excluding hydrogens is 249 g/mol. The maximum absolute atomic E-state index is 12.7. The van der Waals surface area contributed by atoms with Gasteiger partial charge in [-0.3, -0.25) is 4.90 Å². The van der Waals surface area contributed by atoms with Gasteiger partial charge < -0.3 is 5.73 Å². The fraction of sp³-hybridized carbons (Fsp3) is 0.909. The van der Waals surface area contributed by atoms with Crippen LogP contribution in [0.4, 0.5) is 13.2 Å². The van der Waals surface area contributed by atoms with Gasteiger partial charge in [0.15, 0.2) is 0 Å². The number of nitrogens with zero attached hydrogens (tertiary/aromatic N) is 1. The summed E-state index contributed by atoms with van der Waals surface area (Å²) < 4.78 is 38.2. The van der Waals surface area contributed by atoms with Gasteiger partial charge in [0.25, 0.3) is 0 Å². The van der Waals surface area contributed by atoms with E-state index in [2.05, 4.69) is 12.2 Å². The minimum atomic E-state index is -4.33. The standard InChI is InChI=1S/C11H19F3N2S/c1-2-3-6-16(8-4-5-8)7-9(10(15)17)11(12,13)14/h8-9H,2-7H2,1H3,(H2,15,17). The topological polar surface area (TPSA) is 29.3 Å². The summed E-state index contributed by atoms with van der Waals surface area (Å²) in [6.07, 6.45) is -0.451. The number of alkyl halides is 3. The third kappa shape index (κ3) is 4.79. The van der Waals surface area contributed by atoms with Gasteiger partial charge in [-0.25, -0.2) is 0 Å². The van der Waals surface area contributed by atoms with Gasteiger partial charge in [0.05, 0.1) is 4.99 Å². The Labute approximate surface area is 105 Å². The average Bonchev–Trinajstić information content (AvgIpc) is 2.99. The quantitative estimate of drug-likeness (QED) is 0.720. The van der Waals surface area contributed by atoms with Gasteiger partial charge in [-0.15, -0.1) is 0 Å². The van der Waals surface area contributed by atoms with Crippen molar-refractivity contribution in [2.24, 2.45) is 11.7 Å². The fourth-order valence-electron chi connectivity index (χ4n) is 1.81. The Morgan fingerprint density at radius 1 is 1.47 bits per heavy atom. The Hall–Kier alpha value is -0.360. The summed E-state index contributed by atoms with van der Waals surface area (Å²) in [6, 6.07) is 0.306. The van der Waals surface area contributed by atoms with Gasteiger partial charge in [-0.05, 0) is 25.8 Å². The fourth-order valence-corrected chi connectivity index (χ4v) is 2.02. The van der Waals surface area contributed by atoms with E-state index in [0.29, 0.717) is 12.6 Å². The number of nitrogens with two attached hydrogens (primary N) is 1. The smallest absolute Gasteiger partial charge is 0.393 e. The molecule has 0 radical (unpaired) electrons. The monoisotopic (exact) mass is 268 g/mol. The summed E-state index contributed by atoms with van der Waals surface area (Å²) >= 11 is 4.53. The summed E-state index contributed by atoms with van der Waals surface area (Å²) in [4.78, 5) is 1.44. The Morgan fingerprint density at radius 2 is 2.06 bits per heavy atom. The van der Waals surface area contributed by atoms with Crippen LogP contribution in [0.15, 0.2) is 0 Å². The van der Waals surface area contributed by atoms with Crippen molar-refractivity contribution in [1.29, 1.82) is 0 Å². The Bertz CT molecular complexity index is 264. The van der Waals surface area contributed by atoms with Gasteiger partial charge in [0.1, 0.15) is 5.92 Å². The molecular formula is C11H19F3N2S. The molecule has 0 aliphatic heterocycles. The molecule has 1 rings (SSSR count). The molecule has 0 amide bonds. The first-order valence-corrected chi connectivity index (χ1v) is 6.37. The van der Waals surface area contributed by atoms with Crippen LogP contribution in [0.5, 0.6) is 0 Å². The third-order valence-corrected chi connectivity index (χ3v) is 3.30. The highest BCUT2D eigenvalue weighted by molar-refractivity contribution is 7.80. The van der Waals surface area contributed by atoms with Gasteiger partial charge in [-0.2, -0.15) is 13.2 Å². The number of thiocarbonyl (C=S) groups is 1. The lowest BCUT2D eigenvalue weighted by molar-refractivity contribution is -0.159. The van der Waals surface area contributed by atoms with Crippen LogP contribution >= 0.6 is 12.2 Å². The summed E-state index contributed by atoms with van der Waals surface area (Å²) in [7, 11) is 0. The molecule has 2 nitrogen and oxygen atoms in total. The van der Waals surface area contributed by atoms with Crippen LogP contribution in [0.3, 0.4) is 0 Å². The van der Waals surface area contributed by atoms with E-state index < -0.39 is 17.1 Å². The van der Waals surface area contributed by atoms with Crippen LogP contribution in [-0.4, -0.2) is 35.2 Å². The lowest BCUT2D eigenvalue weighted by atomic mass is 10.1. The molecule has 17 heavy (non-hydrogen) atoms. The molecule has 1 aliphatic rings. The first-order valence-electron chi connectivity index (χ1n) is 5.96. The Balaban J connectivity index is 2.59. The molecule has 1 saturated carbocycles. The molecule has 1 fully saturated rings. The maximum atomic E-state index is 12.7. The average molecular weight is 268 g/mol. The van der Waals surface area contributed by atoms with Gasteiger partial charge >= 0.3 is 6.18 Å². The van der Waals surface area contributed by atoms with E-state index in [0.717, 1.165) is 25.7 Å². The molecule has 6 heteroatoms. The van der Waals surface area contributed by atoms with E-state index >= 15 is 0 Å². The molecule has 1 aliphatic carbocycles. The van der Waals surface area contributed by atoms with Crippen LogP contribution in [-0.2, 0) is 0 Å². The van der Waals surface area contributed by atoms with Crippen molar-refractivity contribution in [2.45, 2.75) is 44.8 Å². The van der Waals surface area contributed by atoms with Crippen molar-refractivity contribution >= 4 is 17.2 Å². The summed E-state index contributed by atoms with van der Waals surface area (Å²) in [6.45, 7) is 2.65. The minimum Gasteiger partial charge on any atom is -0.393 e. The van der Waals surface area contributed by atoms with Gasteiger partial charge in [0.2, 0.25) is 0 Å². The largest absolute Gasteiger partial charge is 0.399 e. The molecule has 1 unspecified atom stereocenters. The van der Waals surface area contributed by atoms with E-state index in [1.165, 1.54) is 0 Å². The molecule has 0 bridgehead atoms. The molecule has 0 aromatic rings. The molecule has 2 N–H and O–H groups in total. The summed E-state index contributed by atoms with van der Waals surface area (Å²) in [5, 5.41) is 0. The zero-order chi connectivity index (χ0) is 13.1. The number of hydrogen-bond donors (Lipinski definition) is 1. The van der Waals surface area contributed by atoms with Gasteiger partial charge in [-0.1, -0.05) is 25.6 Å². The second kappa shape index (κ2) is 6.00. The van der Waals surface area contributed by atoms with Crippen LogP contribution in [0.1, 0.15) is 32.6 Å². The van der Waals surface area contributed by atoms with E-state index in [4.69, 9.17) is 5.73 Å². The zero-order valence-corrected chi connectivity index (χ0v) is 10.8. The highest BCUT2D eigenvalue weighted by Crippen LogP contribution is 2.32. The summed E-state index contributed by atoms with van der Waals surface area (Å²) in [5.41, 5.74) is 5.21. The Kier molecular flexibility index (Phi) is 5.19. The first-order chi connectivity index (χ1) is 7.86. The van der Waals surface area contributed by atoms with E-state index in [9.17, 15) is 13.2 Å². The number of hydrogen-bond acceptors (Lipinski definition) is 2. The number of rotatable bonds is 7. The molecule has 0 saturated heterocycles. The van der Waals surface area contributed by atoms with Crippen molar-refractivity contribution in [3.63, 3.8) is 0 Å². The van der Waals surface area contributed by atoms with Crippen molar-refractivity contribution < 1.29 is 13.2 Å². The predicted octanol–water partition coefficient (Wildman–Crippen LogP) is 2.72.